The minimum Gasteiger partial charge on any atom is -0.0917 e. The summed E-state index contributed by atoms with van der Waals surface area (Å²) in [5, 5.41) is 0. The summed E-state index contributed by atoms with van der Waals surface area (Å²) in [6.45, 7) is 5.93. The third-order valence-corrected chi connectivity index (χ3v) is 2.11. The molecule has 0 amide bonds. The van der Waals surface area contributed by atoms with E-state index in [1.807, 2.05) is 0 Å². The lowest BCUT2D eigenvalue weighted by Gasteiger charge is -1.98. The first-order valence-corrected chi connectivity index (χ1v) is 5.32. The highest BCUT2D eigenvalue weighted by molar-refractivity contribution is 4.76. The number of hydrogen-bond donors (Lipinski definition) is 0. The van der Waals surface area contributed by atoms with E-state index < -0.39 is 0 Å². The molecular formula is C12H23. The lowest BCUT2D eigenvalue weighted by molar-refractivity contribution is 0.599. The number of unbranched alkanes of at least 4 members (excludes halogenated alkanes) is 7. The van der Waals surface area contributed by atoms with Gasteiger partial charge in [0.25, 0.3) is 0 Å². The topological polar surface area (TPSA) is 0 Å². The zero-order chi connectivity index (χ0) is 9.07. The lowest BCUT2D eigenvalue weighted by Crippen LogP contribution is -1.78. The summed E-state index contributed by atoms with van der Waals surface area (Å²) in [6, 6.07) is 0. The first kappa shape index (κ1) is 11.7. The molecule has 0 heteroatoms. The Kier molecular flexibility index (Phi) is 10.5. The molecule has 0 fully saturated rings. The number of rotatable bonds is 8. The molecule has 0 spiro atoms. The van der Waals surface area contributed by atoms with Crippen LogP contribution in [0.15, 0.2) is 12.2 Å². The highest BCUT2D eigenvalue weighted by Crippen LogP contribution is 2.08. The monoisotopic (exact) mass is 167 g/mol. The van der Waals surface area contributed by atoms with Gasteiger partial charge in [-0.1, -0.05) is 57.6 Å². The lowest BCUT2D eigenvalue weighted by atomic mass is 10.1. The van der Waals surface area contributed by atoms with E-state index in [9.17, 15) is 0 Å². The number of hydrogen-bond acceptors (Lipinski definition) is 0. The molecule has 0 saturated heterocycles. The summed E-state index contributed by atoms with van der Waals surface area (Å²) in [5.74, 6) is 0. The SMILES string of the molecule is [CH2]CCCCCCCC/C=C\C. The molecule has 1 radical (unpaired) electrons. The predicted molar refractivity (Wildman–Crippen MR) is 57.1 cm³/mol. The van der Waals surface area contributed by atoms with Crippen molar-refractivity contribution in [2.24, 2.45) is 0 Å². The van der Waals surface area contributed by atoms with Crippen molar-refractivity contribution in [2.75, 3.05) is 0 Å². The molecule has 0 aromatic rings. The third-order valence-electron chi connectivity index (χ3n) is 2.11. The fourth-order valence-electron chi connectivity index (χ4n) is 1.31. The summed E-state index contributed by atoms with van der Waals surface area (Å²) >= 11 is 0. The van der Waals surface area contributed by atoms with E-state index in [1.54, 1.807) is 0 Å². The van der Waals surface area contributed by atoms with Gasteiger partial charge >= 0.3 is 0 Å². The molecule has 12 heavy (non-hydrogen) atoms. The maximum Gasteiger partial charge on any atom is -0.0351 e. The summed E-state index contributed by atoms with van der Waals surface area (Å²) < 4.78 is 0. The van der Waals surface area contributed by atoms with Crippen LogP contribution < -0.4 is 0 Å². The molecule has 0 aromatic carbocycles. The molecular weight excluding hydrogens is 144 g/mol. The zero-order valence-corrected chi connectivity index (χ0v) is 8.52. The third kappa shape index (κ3) is 9.74. The van der Waals surface area contributed by atoms with Crippen molar-refractivity contribution in [1.82, 2.24) is 0 Å². The van der Waals surface area contributed by atoms with Crippen LogP contribution in [0.5, 0.6) is 0 Å². The van der Waals surface area contributed by atoms with Crippen molar-refractivity contribution in [3.05, 3.63) is 19.1 Å². The highest BCUT2D eigenvalue weighted by atomic mass is 13.9. The Hall–Kier alpha value is -0.260. The van der Waals surface area contributed by atoms with Crippen molar-refractivity contribution < 1.29 is 0 Å². The molecule has 0 unspecified atom stereocenters. The van der Waals surface area contributed by atoms with Gasteiger partial charge in [0.05, 0.1) is 0 Å². The van der Waals surface area contributed by atoms with Crippen molar-refractivity contribution in [3.63, 3.8) is 0 Å². The van der Waals surface area contributed by atoms with Crippen LogP contribution in [-0.4, -0.2) is 0 Å². The van der Waals surface area contributed by atoms with E-state index in [4.69, 9.17) is 0 Å². The Morgan fingerprint density at radius 3 is 2.08 bits per heavy atom. The normalized spacial score (nSPS) is 11.2. The van der Waals surface area contributed by atoms with E-state index in [1.165, 1.54) is 44.9 Å². The van der Waals surface area contributed by atoms with Crippen molar-refractivity contribution >= 4 is 0 Å². The van der Waals surface area contributed by atoms with Gasteiger partial charge in [0.2, 0.25) is 0 Å². The standard InChI is InChI=1S/C12H23/c1-3-5-7-9-11-12-10-8-6-4-2/h4,6H,1,3,5,7-12H2,2H3/b6-4-. The molecule has 0 atom stereocenters. The zero-order valence-electron chi connectivity index (χ0n) is 8.52. The van der Waals surface area contributed by atoms with Gasteiger partial charge in [-0.3, -0.25) is 0 Å². The van der Waals surface area contributed by atoms with Crippen LogP contribution in [0.1, 0.15) is 58.3 Å². The first-order valence-electron chi connectivity index (χ1n) is 5.32. The smallest absolute Gasteiger partial charge is 0.0351 e. The fraction of sp³-hybridized carbons (Fsp3) is 0.750. The minimum atomic E-state index is 1.11. The fourth-order valence-corrected chi connectivity index (χ4v) is 1.31. The predicted octanol–water partition coefficient (Wildman–Crippen LogP) is 4.52. The van der Waals surface area contributed by atoms with Gasteiger partial charge in [0, 0.05) is 0 Å². The molecule has 0 saturated carbocycles. The molecule has 71 valence electrons. The van der Waals surface area contributed by atoms with Gasteiger partial charge in [-0.25, -0.2) is 0 Å². The molecule has 0 aromatic heterocycles. The Morgan fingerprint density at radius 1 is 0.917 bits per heavy atom. The second-order valence-corrected chi connectivity index (χ2v) is 3.33. The highest BCUT2D eigenvalue weighted by Gasteiger charge is 1.88. The maximum atomic E-state index is 3.83. The van der Waals surface area contributed by atoms with Gasteiger partial charge in [-0.05, 0) is 19.8 Å². The second-order valence-electron chi connectivity index (χ2n) is 3.33. The van der Waals surface area contributed by atoms with E-state index >= 15 is 0 Å². The van der Waals surface area contributed by atoms with Crippen LogP contribution in [0.4, 0.5) is 0 Å². The van der Waals surface area contributed by atoms with Crippen molar-refractivity contribution in [3.8, 4) is 0 Å². The molecule has 0 aliphatic rings. The quantitative estimate of drug-likeness (QED) is 0.368. The average molecular weight is 167 g/mol. The first-order chi connectivity index (χ1) is 5.91. The second kappa shape index (κ2) is 10.7. The van der Waals surface area contributed by atoms with E-state index in [2.05, 4.69) is 26.0 Å². The van der Waals surface area contributed by atoms with Gasteiger partial charge in [0.15, 0.2) is 0 Å². The van der Waals surface area contributed by atoms with Crippen LogP contribution in [-0.2, 0) is 0 Å². The molecule has 0 N–H and O–H groups in total. The summed E-state index contributed by atoms with van der Waals surface area (Å²) in [6.07, 6.45) is 15.1. The Morgan fingerprint density at radius 2 is 1.50 bits per heavy atom. The van der Waals surface area contributed by atoms with Gasteiger partial charge in [-0.2, -0.15) is 0 Å². The summed E-state index contributed by atoms with van der Waals surface area (Å²) in [7, 11) is 0. The molecule has 0 bridgehead atoms. The Labute approximate surface area is 78.1 Å². The van der Waals surface area contributed by atoms with E-state index in [-0.39, 0.29) is 0 Å². The van der Waals surface area contributed by atoms with Crippen molar-refractivity contribution in [2.45, 2.75) is 58.3 Å². The molecule has 0 nitrogen and oxygen atoms in total. The number of allylic oxidation sites excluding steroid dienone is 2. The van der Waals surface area contributed by atoms with Crippen LogP contribution in [0.3, 0.4) is 0 Å². The van der Waals surface area contributed by atoms with Crippen LogP contribution in [0, 0.1) is 6.92 Å². The van der Waals surface area contributed by atoms with Gasteiger partial charge in [-0.15, -0.1) is 0 Å². The van der Waals surface area contributed by atoms with Crippen LogP contribution in [0.25, 0.3) is 0 Å². The van der Waals surface area contributed by atoms with Crippen molar-refractivity contribution in [1.29, 1.82) is 0 Å². The molecule has 0 heterocycles. The largest absolute Gasteiger partial charge is 0.0917 e. The molecule has 0 aliphatic carbocycles. The summed E-state index contributed by atoms with van der Waals surface area (Å²) in [5.41, 5.74) is 0. The molecule has 0 aliphatic heterocycles. The van der Waals surface area contributed by atoms with Gasteiger partial charge in [0.1, 0.15) is 0 Å². The van der Waals surface area contributed by atoms with E-state index in [0.717, 1.165) is 6.42 Å². The average Bonchev–Trinajstić information content (AvgIpc) is 2.10. The van der Waals surface area contributed by atoms with Crippen LogP contribution in [0.2, 0.25) is 0 Å². The Balaban J connectivity index is 2.81. The van der Waals surface area contributed by atoms with E-state index in [0.29, 0.717) is 0 Å². The van der Waals surface area contributed by atoms with Gasteiger partial charge < -0.3 is 0 Å². The Bertz CT molecular complexity index is 92.2. The maximum absolute atomic E-state index is 3.83. The minimum absolute atomic E-state index is 1.11. The summed E-state index contributed by atoms with van der Waals surface area (Å²) in [4.78, 5) is 0. The van der Waals surface area contributed by atoms with Crippen LogP contribution >= 0.6 is 0 Å². The molecule has 0 rings (SSSR count).